The van der Waals surface area contributed by atoms with Crippen LogP contribution in [0.4, 0.5) is 13.2 Å². The molecular formula is C25H17F3N2O. The van der Waals surface area contributed by atoms with Crippen molar-refractivity contribution >= 4 is 10.8 Å². The predicted molar refractivity (Wildman–Crippen MR) is 112 cm³/mol. The van der Waals surface area contributed by atoms with Gasteiger partial charge in [0.15, 0.2) is 5.75 Å². The van der Waals surface area contributed by atoms with Gasteiger partial charge in [-0.05, 0) is 59.2 Å². The summed E-state index contributed by atoms with van der Waals surface area (Å²) in [7, 11) is 1.52. The fourth-order valence-corrected chi connectivity index (χ4v) is 3.15. The summed E-state index contributed by atoms with van der Waals surface area (Å²) < 4.78 is 47.3. The topological polar surface area (TPSA) is 35.0 Å². The third-order valence-electron chi connectivity index (χ3n) is 4.79. The molecule has 0 amide bonds. The lowest BCUT2D eigenvalue weighted by Gasteiger charge is -2.05. The molecule has 4 rings (SSSR count). The van der Waals surface area contributed by atoms with Crippen molar-refractivity contribution in [3.05, 3.63) is 101 Å². The zero-order valence-electron chi connectivity index (χ0n) is 16.6. The largest absolute Gasteiger partial charge is 0.494 e. The van der Waals surface area contributed by atoms with Crippen LogP contribution in [0.1, 0.15) is 22.5 Å². The van der Waals surface area contributed by atoms with Crippen molar-refractivity contribution in [1.82, 2.24) is 9.97 Å². The Morgan fingerprint density at radius 3 is 2.19 bits per heavy atom. The lowest BCUT2D eigenvalue weighted by Crippen LogP contribution is -2.00. The molecule has 0 fully saturated rings. The number of hydrogen-bond acceptors (Lipinski definition) is 3. The summed E-state index contributed by atoms with van der Waals surface area (Å²) in [4.78, 5) is 8.30. The minimum absolute atomic E-state index is 0.288. The summed E-state index contributed by atoms with van der Waals surface area (Å²) in [5, 5.41) is 1.53. The van der Waals surface area contributed by atoms with Gasteiger partial charge < -0.3 is 4.74 Å². The van der Waals surface area contributed by atoms with E-state index in [1.165, 1.54) is 31.4 Å². The van der Waals surface area contributed by atoms with E-state index in [4.69, 9.17) is 4.74 Å². The molecule has 3 aromatic carbocycles. The summed E-state index contributed by atoms with van der Waals surface area (Å²) >= 11 is 0. The number of benzene rings is 3. The van der Waals surface area contributed by atoms with Crippen LogP contribution in [0.25, 0.3) is 10.8 Å². The van der Waals surface area contributed by atoms with Crippen LogP contribution in [0.2, 0.25) is 0 Å². The van der Waals surface area contributed by atoms with E-state index in [0.717, 1.165) is 10.8 Å². The van der Waals surface area contributed by atoms with Gasteiger partial charge >= 0.3 is 0 Å². The van der Waals surface area contributed by atoms with Gasteiger partial charge in [0, 0.05) is 12.0 Å². The SMILES string of the molecule is COc1cnc(CCc2cc(F)c(C#Cc3ccc4cc(F)ccc4c3)c(F)c2)nc1. The molecule has 0 saturated carbocycles. The maximum Gasteiger partial charge on any atom is 0.155 e. The van der Waals surface area contributed by atoms with Crippen LogP contribution >= 0.6 is 0 Å². The van der Waals surface area contributed by atoms with Gasteiger partial charge in [0.25, 0.3) is 0 Å². The van der Waals surface area contributed by atoms with Crippen LogP contribution in [0, 0.1) is 29.3 Å². The summed E-state index contributed by atoms with van der Waals surface area (Å²) in [6.45, 7) is 0. The van der Waals surface area contributed by atoms with Gasteiger partial charge in [0.05, 0.1) is 25.1 Å². The molecule has 31 heavy (non-hydrogen) atoms. The van der Waals surface area contributed by atoms with Crippen LogP contribution < -0.4 is 4.74 Å². The smallest absolute Gasteiger partial charge is 0.155 e. The first-order valence-electron chi connectivity index (χ1n) is 9.56. The third kappa shape index (κ3) is 4.84. The number of rotatable bonds is 4. The predicted octanol–water partition coefficient (Wildman–Crippen LogP) is 5.24. The Balaban J connectivity index is 1.51. The highest BCUT2D eigenvalue weighted by Gasteiger charge is 2.10. The van der Waals surface area contributed by atoms with Crippen molar-refractivity contribution in [2.75, 3.05) is 7.11 Å². The van der Waals surface area contributed by atoms with Crippen molar-refractivity contribution < 1.29 is 17.9 Å². The lowest BCUT2D eigenvalue weighted by atomic mass is 10.0. The molecule has 1 heterocycles. The van der Waals surface area contributed by atoms with Crippen molar-refractivity contribution in [2.45, 2.75) is 12.8 Å². The number of ether oxygens (including phenoxy) is 1. The van der Waals surface area contributed by atoms with Gasteiger partial charge in [-0.25, -0.2) is 23.1 Å². The van der Waals surface area contributed by atoms with E-state index in [0.29, 0.717) is 35.5 Å². The third-order valence-corrected chi connectivity index (χ3v) is 4.79. The molecule has 0 aliphatic carbocycles. The fraction of sp³-hybridized carbons (Fsp3) is 0.120. The van der Waals surface area contributed by atoms with Crippen molar-refractivity contribution in [3.8, 4) is 17.6 Å². The van der Waals surface area contributed by atoms with Crippen molar-refractivity contribution in [1.29, 1.82) is 0 Å². The number of nitrogens with zero attached hydrogens (tertiary/aromatic N) is 2. The number of hydrogen-bond donors (Lipinski definition) is 0. The standard InChI is InChI=1S/C25H17F3N2O/c1-31-21-14-29-25(30-15-21)9-4-17-11-23(27)22(24(28)12-17)8-3-16-2-5-19-13-20(26)7-6-18(19)10-16/h2,5-7,10-15H,4,9H2,1H3. The number of fused-ring (bicyclic) bond motifs is 1. The van der Waals surface area contributed by atoms with E-state index in [1.807, 2.05) is 0 Å². The average Bonchev–Trinajstić information content (AvgIpc) is 2.77. The van der Waals surface area contributed by atoms with Crippen molar-refractivity contribution in [2.24, 2.45) is 0 Å². The van der Waals surface area contributed by atoms with E-state index < -0.39 is 11.6 Å². The maximum absolute atomic E-state index is 14.5. The normalized spacial score (nSPS) is 10.6. The van der Waals surface area contributed by atoms with Gasteiger partial charge in [0.2, 0.25) is 0 Å². The molecule has 4 aromatic rings. The molecule has 0 spiro atoms. The second-order valence-corrected chi connectivity index (χ2v) is 6.93. The summed E-state index contributed by atoms with van der Waals surface area (Å²) in [5.74, 6) is 4.69. The first-order valence-corrected chi connectivity index (χ1v) is 9.56. The highest BCUT2D eigenvalue weighted by molar-refractivity contribution is 5.84. The lowest BCUT2D eigenvalue weighted by molar-refractivity contribution is 0.410. The molecule has 154 valence electrons. The Bertz CT molecular complexity index is 1290. The van der Waals surface area contributed by atoms with E-state index >= 15 is 0 Å². The highest BCUT2D eigenvalue weighted by atomic mass is 19.1. The van der Waals surface area contributed by atoms with Crippen LogP contribution in [-0.4, -0.2) is 17.1 Å². The molecule has 0 unspecified atom stereocenters. The molecule has 0 N–H and O–H groups in total. The molecular weight excluding hydrogens is 401 g/mol. The first kappa shape index (κ1) is 20.4. The molecule has 6 heteroatoms. The molecule has 0 aliphatic heterocycles. The zero-order valence-corrected chi connectivity index (χ0v) is 16.6. The highest BCUT2D eigenvalue weighted by Crippen LogP contribution is 2.19. The van der Waals surface area contributed by atoms with Gasteiger partial charge in [-0.3, -0.25) is 0 Å². The minimum atomic E-state index is -0.721. The second kappa shape index (κ2) is 8.88. The van der Waals surface area contributed by atoms with E-state index in [1.54, 1.807) is 36.7 Å². The van der Waals surface area contributed by atoms with Gasteiger partial charge in [0.1, 0.15) is 23.3 Å². The number of aryl methyl sites for hydroxylation is 2. The number of aromatic nitrogens is 2. The Hall–Kier alpha value is -3.85. The Morgan fingerprint density at radius 2 is 1.48 bits per heavy atom. The van der Waals surface area contributed by atoms with Gasteiger partial charge in [-0.1, -0.05) is 24.0 Å². The molecule has 0 radical (unpaired) electrons. The van der Waals surface area contributed by atoms with E-state index in [-0.39, 0.29) is 11.4 Å². The molecule has 0 aliphatic rings. The quantitative estimate of drug-likeness (QED) is 0.425. The van der Waals surface area contributed by atoms with Crippen LogP contribution in [0.3, 0.4) is 0 Å². The monoisotopic (exact) mass is 418 g/mol. The molecule has 0 bridgehead atoms. The Kier molecular flexibility index (Phi) is 5.85. The van der Waals surface area contributed by atoms with E-state index in [2.05, 4.69) is 21.8 Å². The minimum Gasteiger partial charge on any atom is -0.494 e. The summed E-state index contributed by atoms with van der Waals surface area (Å²) in [6.07, 6.45) is 3.91. The summed E-state index contributed by atoms with van der Waals surface area (Å²) in [6, 6.07) is 12.1. The van der Waals surface area contributed by atoms with Crippen LogP contribution in [0.5, 0.6) is 5.75 Å². The van der Waals surface area contributed by atoms with Crippen molar-refractivity contribution in [3.63, 3.8) is 0 Å². The zero-order chi connectivity index (χ0) is 21.8. The van der Waals surface area contributed by atoms with Crippen LogP contribution in [0.15, 0.2) is 60.9 Å². The molecule has 3 nitrogen and oxygen atoms in total. The molecule has 0 saturated heterocycles. The number of halogens is 3. The first-order chi connectivity index (χ1) is 15.0. The van der Waals surface area contributed by atoms with Gasteiger partial charge in [-0.2, -0.15) is 0 Å². The molecule has 0 atom stereocenters. The Labute approximate surface area is 177 Å². The average molecular weight is 418 g/mol. The van der Waals surface area contributed by atoms with Gasteiger partial charge in [-0.15, -0.1) is 0 Å². The Morgan fingerprint density at radius 1 is 0.806 bits per heavy atom. The van der Waals surface area contributed by atoms with E-state index in [9.17, 15) is 13.2 Å². The van der Waals surface area contributed by atoms with Crippen LogP contribution in [-0.2, 0) is 12.8 Å². The number of methoxy groups -OCH3 is 1. The fourth-order valence-electron chi connectivity index (χ4n) is 3.15. The second-order valence-electron chi connectivity index (χ2n) is 6.93. The maximum atomic E-state index is 14.5. The summed E-state index contributed by atoms with van der Waals surface area (Å²) in [5.41, 5.74) is 0.787. The molecule has 1 aromatic heterocycles.